The first-order valence-electron chi connectivity index (χ1n) is 11.4. The van der Waals surface area contributed by atoms with Crippen LogP contribution in [0.1, 0.15) is 44.1 Å². The molecule has 5 fully saturated rings. The molecule has 1 aromatic carbocycles. The molecule has 6 rings (SSSR count). The fourth-order valence-electron chi connectivity index (χ4n) is 6.20. The number of amides is 2. The third-order valence-corrected chi connectivity index (χ3v) is 7.78. The Bertz CT molecular complexity index is 983. The molecule has 35 heavy (non-hydrogen) atoms. The number of hydrogen-bond acceptors (Lipinski definition) is 4. The lowest BCUT2D eigenvalue weighted by Crippen LogP contribution is -2.84. The predicted octanol–water partition coefficient (Wildman–Crippen LogP) is 4.04. The number of nitrogens with zero attached hydrogens (tertiary/aromatic N) is 1. The SMILES string of the molecule is O=C(COc1ccc(C(F)(F)F)cc1)NC12CC(N3CCC(C4CC(OC(F)(F)F)C4)C3=O)(C1)C2. The number of rotatable bonds is 7. The number of carbonyl (C=O) groups excluding carboxylic acids is 2. The molecular formula is C23H24F6N2O4. The molecule has 1 heterocycles. The highest BCUT2D eigenvalue weighted by atomic mass is 19.4. The van der Waals surface area contributed by atoms with Gasteiger partial charge in [0.1, 0.15) is 5.75 Å². The van der Waals surface area contributed by atoms with Crippen LogP contribution in [-0.4, -0.2) is 53.4 Å². The van der Waals surface area contributed by atoms with Gasteiger partial charge < -0.3 is 15.0 Å². The minimum Gasteiger partial charge on any atom is -0.484 e. The summed E-state index contributed by atoms with van der Waals surface area (Å²) in [5.41, 5.74) is -1.53. The first kappa shape index (κ1) is 24.2. The number of hydrogen-bond donors (Lipinski definition) is 1. The van der Waals surface area contributed by atoms with Gasteiger partial charge in [-0.1, -0.05) is 0 Å². The van der Waals surface area contributed by atoms with Gasteiger partial charge in [0.15, 0.2) is 6.61 Å². The molecule has 2 amide bonds. The number of carbonyl (C=O) groups is 2. The van der Waals surface area contributed by atoms with E-state index in [0.717, 1.165) is 24.3 Å². The molecule has 1 saturated heterocycles. The second-order valence-electron chi connectivity index (χ2n) is 10.2. The number of ether oxygens (including phenoxy) is 2. The second kappa shape index (κ2) is 8.01. The Morgan fingerprint density at radius 3 is 2.26 bits per heavy atom. The molecule has 0 aromatic heterocycles. The van der Waals surface area contributed by atoms with Gasteiger partial charge in [-0.25, -0.2) is 0 Å². The van der Waals surface area contributed by atoms with Crippen LogP contribution in [0.25, 0.3) is 0 Å². The summed E-state index contributed by atoms with van der Waals surface area (Å²) in [4.78, 5) is 27.1. The van der Waals surface area contributed by atoms with Crippen molar-refractivity contribution in [1.82, 2.24) is 10.2 Å². The first-order chi connectivity index (χ1) is 16.3. The summed E-state index contributed by atoms with van der Waals surface area (Å²) in [6.45, 7) is 0.222. The summed E-state index contributed by atoms with van der Waals surface area (Å²) >= 11 is 0. The van der Waals surface area contributed by atoms with E-state index in [0.29, 0.717) is 32.2 Å². The van der Waals surface area contributed by atoms with Crippen LogP contribution >= 0.6 is 0 Å². The maximum absolute atomic E-state index is 13.0. The lowest BCUT2D eigenvalue weighted by molar-refractivity contribution is -0.355. The standard InChI is InChI=1S/C23H24F6N2O4/c24-22(25,26)14-1-3-15(4-2-14)34-9-18(32)30-20-10-21(11-20,12-20)31-6-5-17(19(31)33)13-7-16(8-13)35-23(27,28)29/h1-4,13,16-17H,5-12H2,(H,30,32). The Labute approximate surface area is 196 Å². The lowest BCUT2D eigenvalue weighted by Gasteiger charge is -2.73. The van der Waals surface area contributed by atoms with Crippen molar-refractivity contribution in [3.63, 3.8) is 0 Å². The van der Waals surface area contributed by atoms with Crippen molar-refractivity contribution >= 4 is 11.8 Å². The molecule has 1 aliphatic heterocycles. The van der Waals surface area contributed by atoms with E-state index in [4.69, 9.17) is 4.74 Å². The van der Waals surface area contributed by atoms with E-state index < -0.39 is 35.7 Å². The summed E-state index contributed by atoms with van der Waals surface area (Å²) in [7, 11) is 0. The molecule has 4 aliphatic carbocycles. The second-order valence-corrected chi connectivity index (χ2v) is 10.2. The third kappa shape index (κ3) is 4.56. The summed E-state index contributed by atoms with van der Waals surface area (Å²) in [5.74, 6) is -0.641. The van der Waals surface area contributed by atoms with Crippen LogP contribution in [0.15, 0.2) is 24.3 Å². The van der Waals surface area contributed by atoms with Crippen LogP contribution in [0.2, 0.25) is 0 Å². The zero-order valence-electron chi connectivity index (χ0n) is 18.5. The molecule has 2 bridgehead atoms. The fraction of sp³-hybridized carbons (Fsp3) is 0.652. The highest BCUT2D eigenvalue weighted by Crippen LogP contribution is 2.65. The summed E-state index contributed by atoms with van der Waals surface area (Å²) in [5, 5.41) is 2.91. The van der Waals surface area contributed by atoms with Crippen molar-refractivity contribution in [1.29, 1.82) is 0 Å². The van der Waals surface area contributed by atoms with Gasteiger partial charge in [0.05, 0.1) is 11.7 Å². The van der Waals surface area contributed by atoms with E-state index in [1.165, 1.54) is 0 Å². The first-order valence-corrected chi connectivity index (χ1v) is 11.4. The minimum absolute atomic E-state index is 0.0225. The molecule has 1 atom stereocenters. The molecule has 5 aliphatic rings. The number of likely N-dealkylation sites (tertiary alicyclic amines) is 1. The average molecular weight is 506 g/mol. The quantitative estimate of drug-likeness (QED) is 0.567. The fourth-order valence-corrected chi connectivity index (χ4v) is 6.20. The normalized spacial score (nSPS) is 34.1. The van der Waals surface area contributed by atoms with E-state index in [1.807, 2.05) is 4.90 Å². The highest BCUT2D eigenvalue weighted by molar-refractivity contribution is 5.84. The number of halogens is 6. The lowest BCUT2D eigenvalue weighted by atomic mass is 9.43. The van der Waals surface area contributed by atoms with Crippen LogP contribution in [0.5, 0.6) is 5.75 Å². The monoisotopic (exact) mass is 506 g/mol. The van der Waals surface area contributed by atoms with Crippen LogP contribution < -0.4 is 10.1 Å². The van der Waals surface area contributed by atoms with E-state index in [-0.39, 0.29) is 48.5 Å². The maximum Gasteiger partial charge on any atom is 0.522 e. The number of benzene rings is 1. The topological polar surface area (TPSA) is 67.9 Å². The van der Waals surface area contributed by atoms with Gasteiger partial charge in [0.25, 0.3) is 5.91 Å². The Balaban J connectivity index is 1.05. The molecule has 1 unspecified atom stereocenters. The van der Waals surface area contributed by atoms with E-state index >= 15 is 0 Å². The van der Waals surface area contributed by atoms with E-state index in [2.05, 4.69) is 10.1 Å². The zero-order valence-corrected chi connectivity index (χ0v) is 18.5. The predicted molar refractivity (Wildman–Crippen MR) is 108 cm³/mol. The molecule has 0 radical (unpaired) electrons. The summed E-state index contributed by atoms with van der Waals surface area (Å²) < 4.78 is 84.1. The number of alkyl halides is 6. The van der Waals surface area contributed by atoms with Gasteiger partial charge in [0, 0.05) is 23.5 Å². The van der Waals surface area contributed by atoms with Crippen molar-refractivity contribution < 1.29 is 45.4 Å². The zero-order chi connectivity index (χ0) is 25.2. The molecule has 12 heteroatoms. The summed E-state index contributed by atoms with van der Waals surface area (Å²) in [6, 6.07) is 4.07. The smallest absolute Gasteiger partial charge is 0.484 e. The van der Waals surface area contributed by atoms with Crippen molar-refractivity contribution in [2.24, 2.45) is 11.8 Å². The van der Waals surface area contributed by atoms with Gasteiger partial charge in [-0.3, -0.25) is 14.3 Å². The molecule has 0 spiro atoms. The summed E-state index contributed by atoms with van der Waals surface area (Å²) in [6.07, 6.45) is -7.09. The molecule has 6 nitrogen and oxygen atoms in total. The van der Waals surface area contributed by atoms with Crippen LogP contribution in [-0.2, 0) is 20.5 Å². The minimum atomic E-state index is -4.66. The number of nitrogens with one attached hydrogen (secondary N) is 1. The molecule has 4 saturated carbocycles. The van der Waals surface area contributed by atoms with Crippen LogP contribution in [0, 0.1) is 11.8 Å². The van der Waals surface area contributed by atoms with Crippen molar-refractivity contribution in [2.75, 3.05) is 13.2 Å². The van der Waals surface area contributed by atoms with Crippen molar-refractivity contribution in [3.8, 4) is 5.75 Å². The largest absolute Gasteiger partial charge is 0.522 e. The van der Waals surface area contributed by atoms with Gasteiger partial charge >= 0.3 is 12.5 Å². The van der Waals surface area contributed by atoms with Crippen molar-refractivity contribution in [2.45, 2.75) is 68.2 Å². The van der Waals surface area contributed by atoms with E-state index in [1.54, 1.807) is 0 Å². The van der Waals surface area contributed by atoms with E-state index in [9.17, 15) is 35.9 Å². The van der Waals surface area contributed by atoms with Crippen LogP contribution in [0.4, 0.5) is 26.3 Å². The Hall–Kier alpha value is -2.50. The Kier molecular flexibility index (Phi) is 5.54. The van der Waals surface area contributed by atoms with Gasteiger partial charge in [-0.15, -0.1) is 13.2 Å². The van der Waals surface area contributed by atoms with Crippen molar-refractivity contribution in [3.05, 3.63) is 29.8 Å². The maximum atomic E-state index is 13.0. The van der Waals surface area contributed by atoms with Gasteiger partial charge in [-0.2, -0.15) is 13.2 Å². The molecule has 192 valence electrons. The Morgan fingerprint density at radius 2 is 1.69 bits per heavy atom. The average Bonchev–Trinajstić information content (AvgIpc) is 3.04. The van der Waals surface area contributed by atoms with Gasteiger partial charge in [0.2, 0.25) is 5.91 Å². The van der Waals surface area contributed by atoms with Crippen LogP contribution in [0.3, 0.4) is 0 Å². The van der Waals surface area contributed by atoms with Gasteiger partial charge in [-0.05, 0) is 68.7 Å². The molecule has 1 N–H and O–H groups in total. The molecule has 1 aromatic rings. The molecular weight excluding hydrogens is 482 g/mol. The highest BCUT2D eigenvalue weighted by Gasteiger charge is 2.72. The Morgan fingerprint density at radius 1 is 1.06 bits per heavy atom. The third-order valence-electron chi connectivity index (χ3n) is 7.78.